The molecule has 4 rings (SSSR count). The third-order valence-electron chi connectivity index (χ3n) is 5.58. The van der Waals surface area contributed by atoms with Gasteiger partial charge in [-0.25, -0.2) is 4.98 Å². The predicted octanol–water partition coefficient (Wildman–Crippen LogP) is 6.30. The van der Waals surface area contributed by atoms with Crippen molar-refractivity contribution in [3.8, 4) is 11.4 Å². The van der Waals surface area contributed by atoms with E-state index in [0.717, 1.165) is 34.4 Å². The van der Waals surface area contributed by atoms with Crippen molar-refractivity contribution >= 4 is 16.8 Å². The van der Waals surface area contributed by atoms with E-state index in [2.05, 4.69) is 48.4 Å². The molecule has 26 heavy (non-hydrogen) atoms. The Hall–Kier alpha value is -2.55. The van der Waals surface area contributed by atoms with Crippen LogP contribution in [-0.2, 0) is 6.42 Å². The summed E-state index contributed by atoms with van der Waals surface area (Å²) in [4.78, 5) is 4.97. The number of benzene rings is 2. The molecule has 1 saturated carbocycles. The van der Waals surface area contributed by atoms with Crippen LogP contribution in [0.5, 0.6) is 0 Å². The Bertz CT molecular complexity index is 931. The van der Waals surface area contributed by atoms with Crippen molar-refractivity contribution in [2.45, 2.75) is 51.5 Å². The highest BCUT2D eigenvalue weighted by Gasteiger charge is 2.22. The first-order chi connectivity index (χ1) is 12.7. The summed E-state index contributed by atoms with van der Waals surface area (Å²) in [7, 11) is 0. The van der Waals surface area contributed by atoms with Gasteiger partial charge in [0.1, 0.15) is 11.6 Å². The average Bonchev–Trinajstić information content (AvgIpc) is 3.07. The topological polar surface area (TPSA) is 38.1 Å². The maximum atomic E-state index is 9.75. The molecule has 134 valence electrons. The normalized spacial score (nSPS) is 15.4. The van der Waals surface area contributed by atoms with Crippen LogP contribution in [0.4, 0.5) is 0 Å². The van der Waals surface area contributed by atoms with Gasteiger partial charge in [-0.2, -0.15) is 0 Å². The molecule has 0 spiro atoms. The Morgan fingerprint density at radius 1 is 1.12 bits per heavy atom. The highest BCUT2D eigenvalue weighted by atomic mass is 16.3. The van der Waals surface area contributed by atoms with E-state index < -0.39 is 0 Å². The summed E-state index contributed by atoms with van der Waals surface area (Å²) in [6, 6.07) is 15.2. The smallest absolute Gasteiger partial charge is 0.141 e. The van der Waals surface area contributed by atoms with Gasteiger partial charge in [0.15, 0.2) is 0 Å². The molecule has 0 atom stereocenters. The summed E-state index contributed by atoms with van der Waals surface area (Å²) in [5, 5.41) is 9.75. The molecule has 1 aromatic heterocycles. The molecule has 0 amide bonds. The number of hydrogen-bond donors (Lipinski definition) is 1. The molecular formula is C23H26N2O. The van der Waals surface area contributed by atoms with Crippen molar-refractivity contribution in [2.24, 2.45) is 0 Å². The molecule has 1 heterocycles. The van der Waals surface area contributed by atoms with E-state index in [1.54, 1.807) is 0 Å². The highest BCUT2D eigenvalue weighted by molar-refractivity contribution is 5.83. The molecule has 0 saturated heterocycles. The summed E-state index contributed by atoms with van der Waals surface area (Å²) >= 11 is 0. The predicted molar refractivity (Wildman–Crippen MR) is 108 cm³/mol. The van der Waals surface area contributed by atoms with Gasteiger partial charge in [0, 0.05) is 17.2 Å². The zero-order chi connectivity index (χ0) is 18.1. The van der Waals surface area contributed by atoms with E-state index in [1.165, 1.54) is 37.7 Å². The largest absolute Gasteiger partial charge is 0.508 e. The molecule has 1 fully saturated rings. The zero-order valence-corrected chi connectivity index (χ0v) is 15.4. The number of fused-ring (bicyclic) bond motifs is 1. The van der Waals surface area contributed by atoms with Gasteiger partial charge in [-0.05, 0) is 43.0 Å². The lowest BCUT2D eigenvalue weighted by atomic mass is 9.94. The monoisotopic (exact) mass is 346 g/mol. The lowest BCUT2D eigenvalue weighted by molar-refractivity contribution is 0.362. The van der Waals surface area contributed by atoms with Crippen molar-refractivity contribution in [2.75, 3.05) is 0 Å². The van der Waals surface area contributed by atoms with E-state index in [1.807, 2.05) is 12.1 Å². The fraction of sp³-hybridized carbons (Fsp3) is 0.348. The highest BCUT2D eigenvalue weighted by Crippen LogP contribution is 2.36. The van der Waals surface area contributed by atoms with Crippen molar-refractivity contribution in [3.63, 3.8) is 0 Å². The summed E-state index contributed by atoms with van der Waals surface area (Å²) in [6.45, 7) is 5.83. The van der Waals surface area contributed by atoms with Gasteiger partial charge in [0.2, 0.25) is 0 Å². The third-order valence-corrected chi connectivity index (χ3v) is 5.58. The van der Waals surface area contributed by atoms with Gasteiger partial charge in [0.25, 0.3) is 0 Å². The molecule has 1 N–H and O–H groups in total. The first-order valence-electron chi connectivity index (χ1n) is 9.67. The number of aliphatic hydroxyl groups excluding tert-OH is 1. The van der Waals surface area contributed by atoms with Crippen LogP contribution in [0.3, 0.4) is 0 Å². The number of aromatic nitrogens is 2. The number of aliphatic hydroxyl groups is 1. The van der Waals surface area contributed by atoms with Crippen molar-refractivity contribution in [1.82, 2.24) is 9.55 Å². The Labute approximate surface area is 155 Å². The zero-order valence-electron chi connectivity index (χ0n) is 15.4. The molecule has 2 aromatic carbocycles. The van der Waals surface area contributed by atoms with E-state index in [0.29, 0.717) is 6.04 Å². The van der Waals surface area contributed by atoms with Crippen LogP contribution < -0.4 is 0 Å². The van der Waals surface area contributed by atoms with Crippen molar-refractivity contribution < 1.29 is 5.11 Å². The third kappa shape index (κ3) is 3.03. The fourth-order valence-corrected chi connectivity index (χ4v) is 4.08. The number of rotatable bonds is 4. The minimum atomic E-state index is 0.0907. The second kappa shape index (κ2) is 6.99. The average molecular weight is 346 g/mol. The molecule has 0 unspecified atom stereocenters. The second-order valence-electron chi connectivity index (χ2n) is 7.30. The van der Waals surface area contributed by atoms with Crippen LogP contribution in [0.2, 0.25) is 0 Å². The summed E-state index contributed by atoms with van der Waals surface area (Å²) in [6.07, 6.45) is 7.35. The molecule has 0 aliphatic heterocycles. The number of nitrogens with zero attached hydrogens (tertiary/aromatic N) is 2. The Morgan fingerprint density at radius 2 is 1.85 bits per heavy atom. The van der Waals surface area contributed by atoms with E-state index in [4.69, 9.17) is 4.98 Å². The van der Waals surface area contributed by atoms with Gasteiger partial charge in [-0.1, -0.05) is 57.0 Å². The minimum Gasteiger partial charge on any atom is -0.508 e. The van der Waals surface area contributed by atoms with Crippen LogP contribution in [-0.4, -0.2) is 14.7 Å². The van der Waals surface area contributed by atoms with E-state index >= 15 is 0 Å². The van der Waals surface area contributed by atoms with Crippen LogP contribution in [0.1, 0.15) is 56.2 Å². The molecule has 3 nitrogen and oxygen atoms in total. The fourth-order valence-electron chi connectivity index (χ4n) is 4.08. The molecule has 1 aliphatic carbocycles. The lowest BCUT2D eigenvalue weighted by Crippen LogP contribution is -2.14. The minimum absolute atomic E-state index is 0.0907. The van der Waals surface area contributed by atoms with Crippen LogP contribution in [0, 0.1) is 0 Å². The molecule has 0 radical (unpaired) electrons. The van der Waals surface area contributed by atoms with Crippen molar-refractivity contribution in [1.29, 1.82) is 0 Å². The van der Waals surface area contributed by atoms with Gasteiger partial charge in [-0.3, -0.25) is 0 Å². The van der Waals surface area contributed by atoms with Gasteiger partial charge >= 0.3 is 0 Å². The maximum Gasteiger partial charge on any atom is 0.141 e. The summed E-state index contributed by atoms with van der Waals surface area (Å²) < 4.78 is 2.43. The standard InChI is InChI=1S/C23H26N2O/c1-3-17-9-11-18(12-10-17)23-24-21-15-19(16(2)26)13-14-22(21)25(23)20-7-5-4-6-8-20/h9-15,20,26H,2-8H2,1H3. The SMILES string of the molecule is C=C(O)c1ccc2c(c1)nc(-c1ccc(CC)cc1)n2C1CCCCC1. The van der Waals surface area contributed by atoms with E-state index in [9.17, 15) is 5.11 Å². The number of hydrogen-bond acceptors (Lipinski definition) is 2. The van der Waals surface area contributed by atoms with Crippen LogP contribution >= 0.6 is 0 Å². The lowest BCUT2D eigenvalue weighted by Gasteiger charge is -2.25. The van der Waals surface area contributed by atoms with E-state index in [-0.39, 0.29) is 5.76 Å². The number of aryl methyl sites for hydroxylation is 1. The maximum absolute atomic E-state index is 9.75. The Morgan fingerprint density at radius 3 is 2.50 bits per heavy atom. The van der Waals surface area contributed by atoms with Gasteiger partial charge < -0.3 is 9.67 Å². The molecular weight excluding hydrogens is 320 g/mol. The first-order valence-corrected chi connectivity index (χ1v) is 9.67. The summed E-state index contributed by atoms with van der Waals surface area (Å²) in [5.41, 5.74) is 5.31. The molecule has 3 aromatic rings. The second-order valence-corrected chi connectivity index (χ2v) is 7.30. The molecule has 0 bridgehead atoms. The summed E-state index contributed by atoms with van der Waals surface area (Å²) in [5.74, 6) is 1.13. The Balaban J connectivity index is 1.89. The van der Waals surface area contributed by atoms with Crippen LogP contribution in [0.25, 0.3) is 28.2 Å². The van der Waals surface area contributed by atoms with Crippen molar-refractivity contribution in [3.05, 3.63) is 60.2 Å². The van der Waals surface area contributed by atoms with Gasteiger partial charge in [0.05, 0.1) is 11.0 Å². The molecule has 3 heteroatoms. The quantitative estimate of drug-likeness (QED) is 0.563. The Kier molecular flexibility index (Phi) is 4.54. The number of imidazole rings is 1. The molecule has 1 aliphatic rings. The van der Waals surface area contributed by atoms with Gasteiger partial charge in [-0.15, -0.1) is 0 Å². The first kappa shape index (κ1) is 16.9. The van der Waals surface area contributed by atoms with Crippen LogP contribution in [0.15, 0.2) is 49.0 Å².